The quantitative estimate of drug-likeness (QED) is 0.666. The number of ether oxygens (including phenoxy) is 1. The van der Waals surface area contributed by atoms with E-state index in [1.165, 1.54) is 19.3 Å². The molecule has 0 aliphatic carbocycles. The van der Waals surface area contributed by atoms with Crippen molar-refractivity contribution in [3.05, 3.63) is 0 Å². The normalized spacial score (nSPS) is 30.2. The molecule has 0 unspecified atom stereocenters. The van der Waals surface area contributed by atoms with E-state index >= 15 is 0 Å². The van der Waals surface area contributed by atoms with Gasteiger partial charge in [0.2, 0.25) is 0 Å². The summed E-state index contributed by atoms with van der Waals surface area (Å²) >= 11 is 0. The van der Waals surface area contributed by atoms with Crippen LogP contribution in [-0.4, -0.2) is 36.7 Å². The predicted molar refractivity (Wildman–Crippen MR) is 56.0 cm³/mol. The van der Waals surface area contributed by atoms with Gasteiger partial charge in [-0.1, -0.05) is 6.92 Å². The van der Waals surface area contributed by atoms with Crippen molar-refractivity contribution < 1.29 is 4.74 Å². The molecule has 0 bridgehead atoms. The number of rotatable bonds is 4. The molecule has 2 atom stereocenters. The SMILES string of the molecule is CC[C@@H]1CC[C@H](COC)N1C(C)C. The van der Waals surface area contributed by atoms with Crippen LogP contribution in [0.4, 0.5) is 0 Å². The maximum atomic E-state index is 5.26. The molecule has 0 aromatic rings. The highest BCUT2D eigenvalue weighted by Crippen LogP contribution is 2.28. The number of hydrogen-bond acceptors (Lipinski definition) is 2. The van der Waals surface area contributed by atoms with Crippen LogP contribution in [0.1, 0.15) is 40.0 Å². The second-order valence-corrected chi connectivity index (χ2v) is 4.29. The van der Waals surface area contributed by atoms with Gasteiger partial charge in [0.05, 0.1) is 6.61 Å². The van der Waals surface area contributed by atoms with Crippen LogP contribution in [0.5, 0.6) is 0 Å². The number of hydrogen-bond donors (Lipinski definition) is 0. The van der Waals surface area contributed by atoms with Gasteiger partial charge in [0.25, 0.3) is 0 Å². The molecule has 0 spiro atoms. The predicted octanol–water partition coefficient (Wildman–Crippen LogP) is 2.28. The van der Waals surface area contributed by atoms with Gasteiger partial charge in [0, 0.05) is 25.2 Å². The smallest absolute Gasteiger partial charge is 0.0618 e. The fourth-order valence-electron chi connectivity index (χ4n) is 2.60. The molecule has 13 heavy (non-hydrogen) atoms. The van der Waals surface area contributed by atoms with Crippen molar-refractivity contribution >= 4 is 0 Å². The van der Waals surface area contributed by atoms with Crippen molar-refractivity contribution in [2.75, 3.05) is 13.7 Å². The van der Waals surface area contributed by atoms with Gasteiger partial charge >= 0.3 is 0 Å². The van der Waals surface area contributed by atoms with Gasteiger partial charge < -0.3 is 4.74 Å². The lowest BCUT2D eigenvalue weighted by molar-refractivity contribution is 0.0741. The lowest BCUT2D eigenvalue weighted by Crippen LogP contribution is -2.43. The van der Waals surface area contributed by atoms with E-state index in [1.807, 2.05) is 0 Å². The second-order valence-electron chi connectivity index (χ2n) is 4.29. The van der Waals surface area contributed by atoms with E-state index in [0.29, 0.717) is 12.1 Å². The third-order valence-corrected chi connectivity index (χ3v) is 3.10. The van der Waals surface area contributed by atoms with E-state index in [1.54, 1.807) is 7.11 Å². The van der Waals surface area contributed by atoms with Gasteiger partial charge in [-0.15, -0.1) is 0 Å². The van der Waals surface area contributed by atoms with Crippen LogP contribution >= 0.6 is 0 Å². The molecule has 2 heteroatoms. The van der Waals surface area contributed by atoms with Crippen molar-refractivity contribution in [2.45, 2.75) is 58.2 Å². The zero-order chi connectivity index (χ0) is 9.84. The Balaban J connectivity index is 2.56. The monoisotopic (exact) mass is 185 g/mol. The second kappa shape index (κ2) is 4.97. The highest BCUT2D eigenvalue weighted by molar-refractivity contribution is 4.88. The minimum Gasteiger partial charge on any atom is -0.383 e. The molecular formula is C11H23NO. The minimum atomic E-state index is 0.660. The summed E-state index contributed by atoms with van der Waals surface area (Å²) in [4.78, 5) is 2.63. The summed E-state index contributed by atoms with van der Waals surface area (Å²) in [5, 5.41) is 0. The van der Waals surface area contributed by atoms with Crippen molar-refractivity contribution in [2.24, 2.45) is 0 Å². The summed E-state index contributed by atoms with van der Waals surface area (Å²) < 4.78 is 5.26. The molecule has 0 aromatic heterocycles. The Hall–Kier alpha value is -0.0800. The Labute approximate surface area is 82.3 Å². The van der Waals surface area contributed by atoms with Crippen LogP contribution in [0, 0.1) is 0 Å². The molecule has 0 amide bonds. The maximum Gasteiger partial charge on any atom is 0.0618 e. The van der Waals surface area contributed by atoms with E-state index in [-0.39, 0.29) is 0 Å². The van der Waals surface area contributed by atoms with E-state index < -0.39 is 0 Å². The van der Waals surface area contributed by atoms with E-state index in [4.69, 9.17) is 4.74 Å². The lowest BCUT2D eigenvalue weighted by atomic mass is 10.1. The molecule has 2 nitrogen and oxygen atoms in total. The molecule has 1 saturated heterocycles. The van der Waals surface area contributed by atoms with Crippen LogP contribution in [0.2, 0.25) is 0 Å². The standard InChI is InChI=1S/C11H23NO/c1-5-10-6-7-11(8-13-4)12(10)9(2)3/h9-11H,5-8H2,1-4H3/t10-,11-/m1/s1. The molecule has 1 aliphatic rings. The Kier molecular flexibility index (Phi) is 4.20. The van der Waals surface area contributed by atoms with Crippen LogP contribution in [0.15, 0.2) is 0 Å². The third-order valence-electron chi connectivity index (χ3n) is 3.10. The largest absolute Gasteiger partial charge is 0.383 e. The average molecular weight is 185 g/mol. The van der Waals surface area contributed by atoms with Crippen LogP contribution in [0.3, 0.4) is 0 Å². The zero-order valence-electron chi connectivity index (χ0n) is 9.42. The molecule has 0 N–H and O–H groups in total. The first-order chi connectivity index (χ1) is 6.20. The number of likely N-dealkylation sites (tertiary alicyclic amines) is 1. The first kappa shape index (κ1) is 11.0. The molecule has 0 radical (unpaired) electrons. The van der Waals surface area contributed by atoms with E-state index in [0.717, 1.165) is 12.6 Å². The molecule has 1 fully saturated rings. The van der Waals surface area contributed by atoms with E-state index in [9.17, 15) is 0 Å². The zero-order valence-corrected chi connectivity index (χ0v) is 9.42. The van der Waals surface area contributed by atoms with Crippen molar-refractivity contribution in [1.29, 1.82) is 0 Å². The van der Waals surface area contributed by atoms with Crippen LogP contribution in [-0.2, 0) is 4.74 Å². The first-order valence-electron chi connectivity index (χ1n) is 5.47. The number of nitrogens with zero attached hydrogens (tertiary/aromatic N) is 1. The van der Waals surface area contributed by atoms with Gasteiger partial charge in [-0.2, -0.15) is 0 Å². The molecule has 1 heterocycles. The fourth-order valence-corrected chi connectivity index (χ4v) is 2.60. The van der Waals surface area contributed by atoms with Crippen molar-refractivity contribution in [3.63, 3.8) is 0 Å². The van der Waals surface area contributed by atoms with Gasteiger partial charge in [-0.05, 0) is 33.1 Å². The summed E-state index contributed by atoms with van der Waals surface area (Å²) in [7, 11) is 1.80. The Morgan fingerprint density at radius 3 is 2.38 bits per heavy atom. The molecule has 0 aromatic carbocycles. The summed E-state index contributed by atoms with van der Waals surface area (Å²) in [5.41, 5.74) is 0. The van der Waals surface area contributed by atoms with Crippen LogP contribution < -0.4 is 0 Å². The van der Waals surface area contributed by atoms with Gasteiger partial charge in [-0.25, -0.2) is 0 Å². The Bertz CT molecular complexity index is 147. The van der Waals surface area contributed by atoms with Crippen LogP contribution in [0.25, 0.3) is 0 Å². The van der Waals surface area contributed by atoms with Crippen molar-refractivity contribution in [1.82, 2.24) is 4.90 Å². The summed E-state index contributed by atoms with van der Waals surface area (Å²) in [6, 6.07) is 2.11. The van der Waals surface area contributed by atoms with Gasteiger partial charge in [-0.3, -0.25) is 4.90 Å². The maximum absolute atomic E-state index is 5.26. The summed E-state index contributed by atoms with van der Waals surface area (Å²) in [6.45, 7) is 7.76. The average Bonchev–Trinajstić information content (AvgIpc) is 2.48. The van der Waals surface area contributed by atoms with Gasteiger partial charge in [0.1, 0.15) is 0 Å². The summed E-state index contributed by atoms with van der Waals surface area (Å²) in [6.07, 6.45) is 3.94. The third kappa shape index (κ3) is 2.44. The molecule has 1 rings (SSSR count). The Morgan fingerprint density at radius 2 is 1.92 bits per heavy atom. The summed E-state index contributed by atoms with van der Waals surface area (Å²) in [5.74, 6) is 0. The van der Waals surface area contributed by atoms with Crippen molar-refractivity contribution in [3.8, 4) is 0 Å². The lowest BCUT2D eigenvalue weighted by Gasteiger charge is -2.33. The minimum absolute atomic E-state index is 0.660. The molecule has 78 valence electrons. The van der Waals surface area contributed by atoms with E-state index in [2.05, 4.69) is 25.7 Å². The molecular weight excluding hydrogens is 162 g/mol. The topological polar surface area (TPSA) is 12.5 Å². The molecule has 0 saturated carbocycles. The fraction of sp³-hybridized carbons (Fsp3) is 1.00. The highest BCUT2D eigenvalue weighted by Gasteiger charge is 2.33. The number of methoxy groups -OCH3 is 1. The Morgan fingerprint density at radius 1 is 1.31 bits per heavy atom. The molecule has 1 aliphatic heterocycles. The highest BCUT2D eigenvalue weighted by atomic mass is 16.5. The first-order valence-corrected chi connectivity index (χ1v) is 5.47. The van der Waals surface area contributed by atoms with Gasteiger partial charge in [0.15, 0.2) is 0 Å².